The molecular formula is C16H28N2OS. The van der Waals surface area contributed by atoms with Crippen molar-refractivity contribution in [3.63, 3.8) is 0 Å². The number of ether oxygens (including phenoxy) is 1. The molecule has 20 heavy (non-hydrogen) atoms. The minimum atomic E-state index is 0.643. The van der Waals surface area contributed by atoms with Gasteiger partial charge in [0.1, 0.15) is 0 Å². The smallest absolute Gasteiger partial charge is 0.0963 e. The van der Waals surface area contributed by atoms with Gasteiger partial charge in [0.05, 0.1) is 17.3 Å². The summed E-state index contributed by atoms with van der Waals surface area (Å²) in [6.45, 7) is 4.72. The van der Waals surface area contributed by atoms with Gasteiger partial charge in [-0.3, -0.25) is 0 Å². The van der Waals surface area contributed by atoms with E-state index in [0.29, 0.717) is 12.5 Å². The first-order valence-electron chi connectivity index (χ1n) is 8.03. The number of nitrogens with zero attached hydrogens (tertiary/aromatic N) is 1. The molecule has 0 aromatic carbocycles. The normalized spacial score (nSPS) is 17.9. The highest BCUT2D eigenvalue weighted by Crippen LogP contribution is 2.34. The van der Waals surface area contributed by atoms with Crippen molar-refractivity contribution < 1.29 is 4.74 Å². The average Bonchev–Trinajstić information content (AvgIpc) is 2.79. The number of nitrogens with one attached hydrogen (secondary N) is 1. The Morgan fingerprint density at radius 3 is 2.55 bits per heavy atom. The molecule has 0 unspecified atom stereocenters. The summed E-state index contributed by atoms with van der Waals surface area (Å²) < 4.78 is 5.31. The molecule has 3 nitrogen and oxygen atoms in total. The molecule has 0 spiro atoms. The largest absolute Gasteiger partial charge is 0.378 e. The fourth-order valence-electron chi connectivity index (χ4n) is 2.91. The SMILES string of the molecule is CCNCc1sc(C2CCCCCCC2)nc1COC. The van der Waals surface area contributed by atoms with E-state index < -0.39 is 0 Å². The van der Waals surface area contributed by atoms with Crippen LogP contribution in [0.5, 0.6) is 0 Å². The van der Waals surface area contributed by atoms with Gasteiger partial charge in [-0.25, -0.2) is 4.98 Å². The molecule has 1 aliphatic rings. The average molecular weight is 296 g/mol. The Labute approximate surface area is 127 Å². The number of hydrogen-bond acceptors (Lipinski definition) is 4. The molecule has 1 aromatic heterocycles. The quantitative estimate of drug-likeness (QED) is 0.853. The predicted molar refractivity (Wildman–Crippen MR) is 85.3 cm³/mol. The summed E-state index contributed by atoms with van der Waals surface area (Å²) in [5.41, 5.74) is 1.15. The summed E-state index contributed by atoms with van der Waals surface area (Å²) in [7, 11) is 1.76. The van der Waals surface area contributed by atoms with Gasteiger partial charge >= 0.3 is 0 Å². The summed E-state index contributed by atoms with van der Waals surface area (Å²) in [4.78, 5) is 6.27. The molecule has 0 aliphatic heterocycles. The van der Waals surface area contributed by atoms with Crippen molar-refractivity contribution in [2.75, 3.05) is 13.7 Å². The second-order valence-corrected chi connectivity index (χ2v) is 6.79. The van der Waals surface area contributed by atoms with E-state index >= 15 is 0 Å². The molecule has 114 valence electrons. The molecule has 0 amide bonds. The van der Waals surface area contributed by atoms with E-state index in [1.54, 1.807) is 7.11 Å². The van der Waals surface area contributed by atoms with E-state index in [1.807, 2.05) is 11.3 Å². The lowest BCUT2D eigenvalue weighted by Crippen LogP contribution is -2.12. The van der Waals surface area contributed by atoms with Crippen LogP contribution in [0.4, 0.5) is 0 Å². The third-order valence-electron chi connectivity index (χ3n) is 4.07. The van der Waals surface area contributed by atoms with Crippen molar-refractivity contribution in [1.29, 1.82) is 0 Å². The van der Waals surface area contributed by atoms with Crippen LogP contribution in [0.25, 0.3) is 0 Å². The first-order valence-corrected chi connectivity index (χ1v) is 8.85. The molecule has 1 N–H and O–H groups in total. The Kier molecular flexibility index (Phi) is 6.97. The van der Waals surface area contributed by atoms with E-state index in [4.69, 9.17) is 9.72 Å². The van der Waals surface area contributed by atoms with Crippen LogP contribution in [0.15, 0.2) is 0 Å². The van der Waals surface area contributed by atoms with Gasteiger partial charge in [-0.1, -0.05) is 39.0 Å². The number of rotatable bonds is 6. The van der Waals surface area contributed by atoms with Gasteiger partial charge in [0.15, 0.2) is 0 Å². The Bertz CT molecular complexity index is 384. The van der Waals surface area contributed by atoms with Crippen LogP contribution < -0.4 is 5.32 Å². The monoisotopic (exact) mass is 296 g/mol. The van der Waals surface area contributed by atoms with Crippen molar-refractivity contribution >= 4 is 11.3 Å². The van der Waals surface area contributed by atoms with Crippen molar-refractivity contribution in [3.8, 4) is 0 Å². The van der Waals surface area contributed by atoms with Crippen LogP contribution in [0, 0.1) is 0 Å². The molecule has 0 atom stereocenters. The molecule has 1 aliphatic carbocycles. The highest BCUT2D eigenvalue weighted by Gasteiger charge is 2.19. The van der Waals surface area contributed by atoms with E-state index in [2.05, 4.69) is 12.2 Å². The van der Waals surface area contributed by atoms with Crippen LogP contribution in [-0.2, 0) is 17.9 Å². The first kappa shape index (κ1) is 15.9. The first-order chi connectivity index (χ1) is 9.85. The molecule has 0 bridgehead atoms. The predicted octanol–water partition coefficient (Wildman–Crippen LogP) is 4.23. The van der Waals surface area contributed by atoms with Crippen molar-refractivity contribution in [3.05, 3.63) is 15.6 Å². The standard InChI is InChI=1S/C16H28N2OS/c1-3-17-11-15-14(12-19-2)18-16(20-15)13-9-7-5-4-6-8-10-13/h13,17H,3-12H2,1-2H3. The van der Waals surface area contributed by atoms with Gasteiger partial charge < -0.3 is 10.1 Å². The third kappa shape index (κ3) is 4.54. The Morgan fingerprint density at radius 2 is 1.90 bits per heavy atom. The van der Waals surface area contributed by atoms with Crippen LogP contribution in [0.2, 0.25) is 0 Å². The van der Waals surface area contributed by atoms with Crippen LogP contribution in [0.3, 0.4) is 0 Å². The fourth-order valence-corrected chi connectivity index (χ4v) is 4.11. The van der Waals surface area contributed by atoms with Crippen LogP contribution in [0.1, 0.15) is 73.4 Å². The molecule has 1 fully saturated rings. The van der Waals surface area contributed by atoms with Crippen LogP contribution >= 0.6 is 11.3 Å². The van der Waals surface area contributed by atoms with Gasteiger partial charge in [-0.15, -0.1) is 11.3 Å². The number of thiazole rings is 1. The molecule has 1 aromatic rings. The molecule has 1 heterocycles. The maximum Gasteiger partial charge on any atom is 0.0963 e. The minimum Gasteiger partial charge on any atom is -0.378 e. The lowest BCUT2D eigenvalue weighted by atomic mass is 9.92. The second kappa shape index (κ2) is 8.75. The van der Waals surface area contributed by atoms with Crippen molar-refractivity contribution in [2.45, 2.75) is 70.9 Å². The van der Waals surface area contributed by atoms with E-state index in [-0.39, 0.29) is 0 Å². The van der Waals surface area contributed by atoms with Gasteiger partial charge in [0.2, 0.25) is 0 Å². The zero-order valence-electron chi connectivity index (χ0n) is 12.9. The van der Waals surface area contributed by atoms with Crippen LogP contribution in [-0.4, -0.2) is 18.6 Å². The van der Waals surface area contributed by atoms with Crippen molar-refractivity contribution in [2.24, 2.45) is 0 Å². The topological polar surface area (TPSA) is 34.2 Å². The summed E-state index contributed by atoms with van der Waals surface area (Å²) >= 11 is 1.91. The lowest BCUT2D eigenvalue weighted by molar-refractivity contribution is 0.181. The Balaban J connectivity index is 2.08. The summed E-state index contributed by atoms with van der Waals surface area (Å²) in [5.74, 6) is 0.686. The third-order valence-corrected chi connectivity index (χ3v) is 5.33. The second-order valence-electron chi connectivity index (χ2n) is 5.68. The number of aromatic nitrogens is 1. The minimum absolute atomic E-state index is 0.643. The molecule has 0 radical (unpaired) electrons. The summed E-state index contributed by atoms with van der Waals surface area (Å²) in [6.07, 6.45) is 9.60. The summed E-state index contributed by atoms with van der Waals surface area (Å²) in [5, 5.41) is 4.77. The van der Waals surface area contributed by atoms with Gasteiger partial charge in [-0.05, 0) is 19.4 Å². The number of methoxy groups -OCH3 is 1. The van der Waals surface area contributed by atoms with E-state index in [0.717, 1.165) is 18.8 Å². The van der Waals surface area contributed by atoms with Gasteiger partial charge in [0.25, 0.3) is 0 Å². The Hall–Kier alpha value is -0.450. The zero-order chi connectivity index (χ0) is 14.2. The van der Waals surface area contributed by atoms with Crippen molar-refractivity contribution in [1.82, 2.24) is 10.3 Å². The van der Waals surface area contributed by atoms with E-state index in [1.165, 1.54) is 54.8 Å². The number of hydrogen-bond donors (Lipinski definition) is 1. The highest BCUT2D eigenvalue weighted by atomic mass is 32.1. The Morgan fingerprint density at radius 1 is 1.20 bits per heavy atom. The van der Waals surface area contributed by atoms with Gasteiger partial charge in [0, 0.05) is 24.4 Å². The zero-order valence-corrected chi connectivity index (χ0v) is 13.7. The lowest BCUT2D eigenvalue weighted by Gasteiger charge is -2.17. The maximum absolute atomic E-state index is 5.31. The summed E-state index contributed by atoms with van der Waals surface area (Å²) in [6, 6.07) is 0. The molecule has 0 saturated heterocycles. The molecule has 1 saturated carbocycles. The molecule has 4 heteroatoms. The highest BCUT2D eigenvalue weighted by molar-refractivity contribution is 7.11. The van der Waals surface area contributed by atoms with E-state index in [9.17, 15) is 0 Å². The molecule has 2 rings (SSSR count). The van der Waals surface area contributed by atoms with Gasteiger partial charge in [-0.2, -0.15) is 0 Å². The fraction of sp³-hybridized carbons (Fsp3) is 0.812. The molecular weight excluding hydrogens is 268 g/mol. The maximum atomic E-state index is 5.31.